The van der Waals surface area contributed by atoms with Crippen LogP contribution in [0.5, 0.6) is 5.88 Å². The zero-order chi connectivity index (χ0) is 18.6. The van der Waals surface area contributed by atoms with Crippen molar-refractivity contribution in [1.29, 1.82) is 0 Å². The van der Waals surface area contributed by atoms with Gasteiger partial charge in [-0.1, -0.05) is 28.9 Å². The second kappa shape index (κ2) is 7.55. The third kappa shape index (κ3) is 3.52. The quantitative estimate of drug-likeness (QED) is 0.511. The van der Waals surface area contributed by atoms with Crippen molar-refractivity contribution >= 4 is 11.6 Å². The molecule has 0 atom stereocenters. The highest BCUT2D eigenvalue weighted by Gasteiger charge is 2.22. The molecule has 3 heterocycles. The number of ether oxygens (including phenoxy) is 1. The first-order valence-corrected chi connectivity index (χ1v) is 8.62. The molecule has 0 spiro atoms. The smallest absolute Gasteiger partial charge is 0.224 e. The Bertz CT molecular complexity index is 1050. The molecule has 4 rings (SSSR count). The van der Waals surface area contributed by atoms with Crippen molar-refractivity contribution < 1.29 is 9.26 Å². The van der Waals surface area contributed by atoms with Gasteiger partial charge in [0.05, 0.1) is 12.7 Å². The summed E-state index contributed by atoms with van der Waals surface area (Å²) < 4.78 is 11.1. The Hall–Kier alpha value is -3.25. The Morgan fingerprint density at radius 2 is 1.85 bits per heavy atom. The number of pyridine rings is 1. The summed E-state index contributed by atoms with van der Waals surface area (Å²) in [6.45, 7) is 0. The first-order valence-electron chi connectivity index (χ1n) is 8.24. The van der Waals surface area contributed by atoms with Crippen molar-refractivity contribution in [1.82, 2.24) is 20.1 Å². The monoisotopic (exact) mass is 378 g/mol. The molecule has 0 aliphatic rings. The fourth-order valence-corrected chi connectivity index (χ4v) is 3.00. The standard InChI is InChI=1S/C20H15ClN4O2/c1-26-20-16(3-2-8-24-20)19-17(9-13-10-22-12-23-11-13)18(25-27-19)14-4-6-15(21)7-5-14/h2-8,10-12H,9H2,1H3. The minimum atomic E-state index is 0.474. The van der Waals surface area contributed by atoms with Crippen LogP contribution in [0.4, 0.5) is 0 Å². The molecule has 1 aromatic carbocycles. The predicted octanol–water partition coefficient (Wildman–Crippen LogP) is 4.45. The lowest BCUT2D eigenvalue weighted by Crippen LogP contribution is -1.96. The molecule has 0 unspecified atom stereocenters. The average Bonchev–Trinajstić information content (AvgIpc) is 3.12. The Kier molecular flexibility index (Phi) is 4.80. The van der Waals surface area contributed by atoms with Gasteiger partial charge in [-0.05, 0) is 29.8 Å². The highest BCUT2D eigenvalue weighted by Crippen LogP contribution is 2.37. The van der Waals surface area contributed by atoms with Gasteiger partial charge in [0.2, 0.25) is 5.88 Å². The Balaban J connectivity index is 1.87. The van der Waals surface area contributed by atoms with Crippen molar-refractivity contribution in [2.24, 2.45) is 0 Å². The maximum atomic E-state index is 6.02. The van der Waals surface area contributed by atoms with Crippen LogP contribution in [0.25, 0.3) is 22.6 Å². The second-order valence-corrected chi connectivity index (χ2v) is 6.27. The normalized spacial score (nSPS) is 10.7. The first kappa shape index (κ1) is 17.2. The zero-order valence-electron chi connectivity index (χ0n) is 14.5. The summed E-state index contributed by atoms with van der Waals surface area (Å²) in [5.41, 5.74) is 4.22. The van der Waals surface area contributed by atoms with E-state index in [1.54, 1.807) is 25.7 Å². The lowest BCUT2D eigenvalue weighted by atomic mass is 9.98. The fraction of sp³-hybridized carbons (Fsp3) is 0.100. The van der Waals surface area contributed by atoms with Crippen LogP contribution in [-0.4, -0.2) is 27.2 Å². The van der Waals surface area contributed by atoms with Gasteiger partial charge in [-0.2, -0.15) is 0 Å². The molecule has 0 amide bonds. The van der Waals surface area contributed by atoms with Crippen LogP contribution >= 0.6 is 11.6 Å². The SMILES string of the molecule is COc1ncccc1-c1onc(-c2ccc(Cl)cc2)c1Cc1cncnc1. The fourth-order valence-electron chi connectivity index (χ4n) is 2.87. The summed E-state index contributed by atoms with van der Waals surface area (Å²) in [5.74, 6) is 1.08. The maximum absolute atomic E-state index is 6.02. The molecule has 0 N–H and O–H groups in total. The molecule has 0 aliphatic carbocycles. The number of aromatic nitrogens is 4. The number of hydrogen-bond donors (Lipinski definition) is 0. The van der Waals surface area contributed by atoms with Gasteiger partial charge in [0.15, 0.2) is 5.76 Å². The first-order chi connectivity index (χ1) is 13.3. The van der Waals surface area contributed by atoms with E-state index in [0.29, 0.717) is 23.1 Å². The summed E-state index contributed by atoms with van der Waals surface area (Å²) in [5, 5.41) is 4.98. The van der Waals surface area contributed by atoms with E-state index in [1.807, 2.05) is 36.4 Å². The molecule has 0 fully saturated rings. The Labute approximate surface area is 160 Å². The van der Waals surface area contributed by atoms with Crippen LogP contribution < -0.4 is 4.74 Å². The third-order valence-electron chi connectivity index (χ3n) is 4.11. The van der Waals surface area contributed by atoms with Gasteiger partial charge in [-0.25, -0.2) is 15.0 Å². The van der Waals surface area contributed by atoms with Crippen molar-refractivity contribution in [3.8, 4) is 28.5 Å². The van der Waals surface area contributed by atoms with Crippen LogP contribution in [0, 0.1) is 0 Å². The highest BCUT2D eigenvalue weighted by atomic mass is 35.5. The number of rotatable bonds is 5. The molecule has 27 heavy (non-hydrogen) atoms. The molecule has 0 saturated carbocycles. The largest absolute Gasteiger partial charge is 0.480 e. The Morgan fingerprint density at radius 3 is 2.59 bits per heavy atom. The van der Waals surface area contributed by atoms with E-state index in [2.05, 4.69) is 20.1 Å². The molecule has 6 nitrogen and oxygen atoms in total. The molecule has 0 bridgehead atoms. The van der Waals surface area contributed by atoms with Gasteiger partial charge in [0.1, 0.15) is 12.0 Å². The van der Waals surface area contributed by atoms with Crippen LogP contribution in [0.15, 0.2) is 65.8 Å². The second-order valence-electron chi connectivity index (χ2n) is 5.83. The summed E-state index contributed by atoms with van der Waals surface area (Å²) in [4.78, 5) is 12.5. The van der Waals surface area contributed by atoms with E-state index in [-0.39, 0.29) is 0 Å². The van der Waals surface area contributed by atoms with Crippen LogP contribution in [0.3, 0.4) is 0 Å². The molecular formula is C20H15ClN4O2. The van der Waals surface area contributed by atoms with Gasteiger partial charge in [-0.15, -0.1) is 0 Å². The summed E-state index contributed by atoms with van der Waals surface area (Å²) in [7, 11) is 1.58. The van der Waals surface area contributed by atoms with E-state index >= 15 is 0 Å². The average molecular weight is 379 g/mol. The Morgan fingerprint density at radius 1 is 1.07 bits per heavy atom. The summed E-state index contributed by atoms with van der Waals surface area (Å²) in [6, 6.07) is 11.2. The predicted molar refractivity (Wildman–Crippen MR) is 102 cm³/mol. The number of methoxy groups -OCH3 is 1. The van der Waals surface area contributed by atoms with Gasteiger partial charge >= 0.3 is 0 Å². The molecule has 3 aromatic heterocycles. The zero-order valence-corrected chi connectivity index (χ0v) is 15.2. The minimum absolute atomic E-state index is 0.474. The van der Waals surface area contributed by atoms with Crippen molar-refractivity contribution in [2.75, 3.05) is 7.11 Å². The minimum Gasteiger partial charge on any atom is -0.480 e. The van der Waals surface area contributed by atoms with Gasteiger partial charge in [0, 0.05) is 41.2 Å². The topological polar surface area (TPSA) is 73.9 Å². The molecule has 134 valence electrons. The van der Waals surface area contributed by atoms with Crippen LogP contribution in [0.2, 0.25) is 5.02 Å². The molecule has 0 aliphatic heterocycles. The number of nitrogens with zero attached hydrogens (tertiary/aromatic N) is 4. The van der Waals surface area contributed by atoms with Crippen LogP contribution in [0.1, 0.15) is 11.1 Å². The molecular weight excluding hydrogens is 364 g/mol. The maximum Gasteiger partial charge on any atom is 0.224 e. The van der Waals surface area contributed by atoms with E-state index in [9.17, 15) is 0 Å². The van der Waals surface area contributed by atoms with Crippen molar-refractivity contribution in [2.45, 2.75) is 6.42 Å². The lowest BCUT2D eigenvalue weighted by molar-refractivity contribution is 0.392. The van der Waals surface area contributed by atoms with Crippen molar-refractivity contribution in [3.63, 3.8) is 0 Å². The number of benzene rings is 1. The van der Waals surface area contributed by atoms with E-state index in [4.69, 9.17) is 20.9 Å². The van der Waals surface area contributed by atoms with E-state index in [1.165, 1.54) is 6.33 Å². The number of halogens is 1. The van der Waals surface area contributed by atoms with Crippen molar-refractivity contribution in [3.05, 3.63) is 77.5 Å². The molecule has 0 saturated heterocycles. The van der Waals surface area contributed by atoms with Gasteiger partial charge < -0.3 is 9.26 Å². The molecule has 4 aromatic rings. The molecule has 0 radical (unpaired) electrons. The van der Waals surface area contributed by atoms with E-state index < -0.39 is 0 Å². The van der Waals surface area contributed by atoms with E-state index in [0.717, 1.165) is 27.9 Å². The third-order valence-corrected chi connectivity index (χ3v) is 4.36. The summed E-state index contributed by atoms with van der Waals surface area (Å²) in [6.07, 6.45) is 7.27. The van der Waals surface area contributed by atoms with Gasteiger partial charge in [0.25, 0.3) is 0 Å². The van der Waals surface area contributed by atoms with Crippen LogP contribution in [-0.2, 0) is 6.42 Å². The number of hydrogen-bond acceptors (Lipinski definition) is 6. The molecule has 7 heteroatoms. The lowest BCUT2D eigenvalue weighted by Gasteiger charge is -2.07. The summed E-state index contributed by atoms with van der Waals surface area (Å²) >= 11 is 6.02. The highest BCUT2D eigenvalue weighted by molar-refractivity contribution is 6.30. The van der Waals surface area contributed by atoms with Gasteiger partial charge in [-0.3, -0.25) is 0 Å².